The molecule has 6 aromatic carbocycles. The van der Waals surface area contributed by atoms with Crippen molar-refractivity contribution in [1.82, 2.24) is 0 Å². The lowest BCUT2D eigenvalue weighted by molar-refractivity contribution is 0.292. The molecule has 4 aliphatic rings. The van der Waals surface area contributed by atoms with Crippen molar-refractivity contribution < 1.29 is 0 Å². The number of nitrogens with zero attached hydrogens (tertiary/aromatic N) is 1. The molecule has 2 heteroatoms. The molecule has 3 aliphatic carbocycles. The summed E-state index contributed by atoms with van der Waals surface area (Å²) in [7, 11) is 0. The largest absolute Gasteiger partial charge is 0.404 e. The summed E-state index contributed by atoms with van der Waals surface area (Å²) in [5.74, 6) is 0.357. The number of rotatable bonds is 6. The van der Waals surface area contributed by atoms with Crippen LogP contribution < -0.4 is 10.6 Å². The first-order valence-electron chi connectivity index (χ1n) is 23.4. The zero-order valence-electron chi connectivity index (χ0n) is 38.2. The Morgan fingerprint density at radius 3 is 2.11 bits per heavy atom. The Kier molecular flexibility index (Phi) is 13.3. The first-order chi connectivity index (χ1) is 31.0. The van der Waals surface area contributed by atoms with Crippen LogP contribution in [0, 0.1) is 12.8 Å². The van der Waals surface area contributed by atoms with Crippen LogP contribution in [0.15, 0.2) is 199 Å². The minimum Gasteiger partial charge on any atom is -0.404 e. The third-order valence-electron chi connectivity index (χ3n) is 13.7. The van der Waals surface area contributed by atoms with Crippen molar-refractivity contribution in [3.05, 3.63) is 227 Å². The molecule has 4 unspecified atom stereocenters. The normalized spacial score (nSPS) is 21.2. The van der Waals surface area contributed by atoms with Crippen LogP contribution in [0.2, 0.25) is 0 Å². The minimum absolute atomic E-state index is 0.242. The van der Waals surface area contributed by atoms with Crippen molar-refractivity contribution in [2.75, 3.05) is 4.90 Å². The van der Waals surface area contributed by atoms with Crippen LogP contribution in [0.4, 0.5) is 5.69 Å². The summed E-state index contributed by atoms with van der Waals surface area (Å²) in [4.78, 5) is 2.88. The third kappa shape index (κ3) is 8.09. The van der Waals surface area contributed by atoms with Crippen LogP contribution in [0.3, 0.4) is 0 Å². The van der Waals surface area contributed by atoms with E-state index in [0.29, 0.717) is 18.0 Å². The van der Waals surface area contributed by atoms with Gasteiger partial charge in [0.2, 0.25) is 0 Å². The lowest BCUT2D eigenvalue weighted by atomic mass is 9.57. The molecule has 0 fully saturated rings. The molecule has 2 N–H and O–H groups in total. The number of para-hydroxylation sites is 1. The molecule has 0 aromatic heterocycles. The van der Waals surface area contributed by atoms with E-state index in [4.69, 9.17) is 5.73 Å². The maximum Gasteiger partial charge on any atom is 0.0566 e. The van der Waals surface area contributed by atoms with Crippen molar-refractivity contribution in [3.8, 4) is 22.3 Å². The number of anilines is 1. The van der Waals surface area contributed by atoms with Crippen molar-refractivity contribution in [1.29, 1.82) is 0 Å². The lowest BCUT2D eigenvalue weighted by Crippen LogP contribution is -2.58. The monoisotopic (exact) mass is 825 g/mol. The molecule has 1 aliphatic heterocycles. The molecule has 0 radical (unpaired) electrons. The summed E-state index contributed by atoms with van der Waals surface area (Å²) in [6.07, 6.45) is 25.7. The molecule has 10 rings (SSSR count). The van der Waals surface area contributed by atoms with Crippen molar-refractivity contribution >= 4 is 22.0 Å². The van der Waals surface area contributed by atoms with E-state index in [-0.39, 0.29) is 5.41 Å². The molecule has 0 bridgehead atoms. The number of nitrogens with two attached hydrogens (primary N) is 1. The Morgan fingerprint density at radius 1 is 0.667 bits per heavy atom. The second-order valence-corrected chi connectivity index (χ2v) is 17.2. The number of benzene rings is 6. The summed E-state index contributed by atoms with van der Waals surface area (Å²) in [6.45, 7) is 12.3. The average Bonchev–Trinajstić information content (AvgIpc) is 3.62. The van der Waals surface area contributed by atoms with Crippen LogP contribution in [0.25, 0.3) is 38.6 Å². The Labute approximate surface area is 377 Å². The highest BCUT2D eigenvalue weighted by Crippen LogP contribution is 2.64. The van der Waals surface area contributed by atoms with Crippen LogP contribution in [0.5, 0.6) is 0 Å². The minimum atomic E-state index is -0.242. The van der Waals surface area contributed by atoms with E-state index in [9.17, 15) is 0 Å². The molecule has 318 valence electrons. The quantitative estimate of drug-likeness (QED) is 0.134. The zero-order chi connectivity index (χ0) is 43.9. The van der Waals surface area contributed by atoms with Gasteiger partial charge in [-0.05, 0) is 162 Å². The van der Waals surface area contributed by atoms with Crippen LogP contribution in [-0.2, 0) is 5.41 Å². The predicted molar refractivity (Wildman–Crippen MR) is 273 cm³/mol. The van der Waals surface area contributed by atoms with Gasteiger partial charge in [-0.1, -0.05) is 171 Å². The Balaban J connectivity index is 0.000000231. The summed E-state index contributed by atoms with van der Waals surface area (Å²) >= 11 is 0. The van der Waals surface area contributed by atoms with Gasteiger partial charge in [-0.2, -0.15) is 0 Å². The predicted octanol–water partition coefficient (Wildman–Crippen LogP) is 15.9. The van der Waals surface area contributed by atoms with E-state index < -0.39 is 0 Å². The highest BCUT2D eigenvalue weighted by atomic mass is 15.2. The summed E-state index contributed by atoms with van der Waals surface area (Å²) in [6, 6.07) is 51.1. The van der Waals surface area contributed by atoms with E-state index in [1.165, 1.54) is 91.4 Å². The molecule has 4 atom stereocenters. The summed E-state index contributed by atoms with van der Waals surface area (Å²) in [5.41, 5.74) is 22.7. The van der Waals surface area contributed by atoms with Gasteiger partial charge < -0.3 is 10.6 Å². The lowest BCUT2D eigenvalue weighted by Gasteiger charge is -2.56. The number of hydrogen-bond donors (Lipinski definition) is 1. The Bertz CT molecular complexity index is 2760. The first-order valence-corrected chi connectivity index (χ1v) is 23.4. The molecule has 0 saturated carbocycles. The molecule has 1 heterocycles. The third-order valence-corrected chi connectivity index (χ3v) is 13.7. The highest BCUT2D eigenvalue weighted by Gasteiger charge is 2.57. The molecule has 6 aromatic rings. The van der Waals surface area contributed by atoms with E-state index in [0.717, 1.165) is 24.0 Å². The van der Waals surface area contributed by atoms with Gasteiger partial charge in [-0.15, -0.1) is 0 Å². The molecular weight excluding hydrogens is 761 g/mol. The van der Waals surface area contributed by atoms with E-state index >= 15 is 0 Å². The van der Waals surface area contributed by atoms with Crippen molar-refractivity contribution in [3.63, 3.8) is 0 Å². The molecule has 2 nitrogen and oxygen atoms in total. The van der Waals surface area contributed by atoms with Gasteiger partial charge in [-0.25, -0.2) is 0 Å². The molecule has 0 amide bonds. The number of aryl methyl sites for hydroxylation is 1. The molecule has 63 heavy (non-hydrogen) atoms. The molecule has 0 saturated heterocycles. The van der Waals surface area contributed by atoms with Gasteiger partial charge in [0.15, 0.2) is 0 Å². The number of allylic oxidation sites excluding steroid dienone is 9. The summed E-state index contributed by atoms with van der Waals surface area (Å²) < 4.78 is 0. The fraction of sp³-hybridized carbons (Fsp3) is 0.246. The highest BCUT2D eigenvalue weighted by molar-refractivity contribution is 5.96. The topological polar surface area (TPSA) is 29.3 Å². The Morgan fingerprint density at radius 2 is 1.38 bits per heavy atom. The molecular formula is C61H64N2. The average molecular weight is 825 g/mol. The number of fused-ring (bicyclic) bond motifs is 10. The maximum absolute atomic E-state index is 5.72. The smallest absolute Gasteiger partial charge is 0.0566 e. The van der Waals surface area contributed by atoms with Gasteiger partial charge in [0.25, 0.3) is 0 Å². The van der Waals surface area contributed by atoms with Crippen molar-refractivity contribution in [2.24, 2.45) is 11.7 Å². The van der Waals surface area contributed by atoms with E-state index in [1.54, 1.807) is 6.20 Å². The zero-order valence-corrected chi connectivity index (χ0v) is 38.2. The summed E-state index contributed by atoms with van der Waals surface area (Å²) in [5, 5.41) is 2.66. The van der Waals surface area contributed by atoms with Crippen LogP contribution in [0.1, 0.15) is 94.5 Å². The Hall–Kier alpha value is -6.38. The standard InChI is InChI=1S/C42H37N.C17H21N.C2H6/c1-28-12-11-15-29(24-28)32-22-23-34-35-25-30-13-5-6-14-31(30)26-39(35)42(38(34)27-32)36-18-7-9-20-40(36)43(33-16-3-2-4-17-33)41-21-10-8-19-37(41)42;1-4-9-15(5-2)17(13-18)12-14(3)16-10-7-6-8-11-16;1-2/h2-3,5-9,11-15,18-20,22-27,33,37,41H,4,10,16-17,21H2,1H3;4-13H,18H2,1-3H3;1-2H3/b;9-4-,14-12+,15-5+,17-13+;. The maximum atomic E-state index is 5.72. The van der Waals surface area contributed by atoms with Gasteiger partial charge >= 0.3 is 0 Å². The van der Waals surface area contributed by atoms with Crippen LogP contribution >= 0.6 is 0 Å². The first kappa shape index (κ1) is 43.3. The molecule has 1 spiro atoms. The van der Waals surface area contributed by atoms with Crippen LogP contribution in [-0.4, -0.2) is 12.1 Å². The fourth-order valence-corrected chi connectivity index (χ4v) is 10.9. The van der Waals surface area contributed by atoms with E-state index in [1.807, 2.05) is 52.0 Å². The van der Waals surface area contributed by atoms with Gasteiger partial charge in [0.05, 0.1) is 5.41 Å². The van der Waals surface area contributed by atoms with Gasteiger partial charge in [-0.3, -0.25) is 0 Å². The SMILES string of the molecule is CC.C\C=C/C(=C\C)C(=C/N)/C=C(\C)c1ccccc1.Cc1cccc(-c2ccc3c(c2)C2(c4cc5ccccc5cc4-3)c3ccccc3N(C3CC=CCC3)C3CCC=CC32)c1. The number of hydrogen-bond acceptors (Lipinski definition) is 2. The van der Waals surface area contributed by atoms with Crippen molar-refractivity contribution in [2.45, 2.75) is 91.1 Å². The van der Waals surface area contributed by atoms with Gasteiger partial charge in [0.1, 0.15) is 0 Å². The van der Waals surface area contributed by atoms with Gasteiger partial charge in [0, 0.05) is 29.9 Å². The fourth-order valence-electron chi connectivity index (χ4n) is 10.9. The second-order valence-electron chi connectivity index (χ2n) is 17.2. The van der Waals surface area contributed by atoms with E-state index in [2.05, 4.69) is 177 Å². The second kappa shape index (κ2) is 19.3.